The fourth-order valence-corrected chi connectivity index (χ4v) is 2.36. The fourth-order valence-electron chi connectivity index (χ4n) is 2.36. The van der Waals surface area contributed by atoms with Crippen LogP contribution in [0.2, 0.25) is 0 Å². The molecule has 0 saturated carbocycles. The van der Waals surface area contributed by atoms with Crippen LogP contribution in [0.1, 0.15) is 49.1 Å². The van der Waals surface area contributed by atoms with Crippen molar-refractivity contribution in [1.82, 2.24) is 5.32 Å². The first-order valence-corrected chi connectivity index (χ1v) is 6.21. The Balaban J connectivity index is 2.44. The van der Waals surface area contributed by atoms with E-state index in [1.54, 1.807) is 6.92 Å². The Morgan fingerprint density at radius 2 is 2.28 bits per heavy atom. The number of aliphatic hydroxyl groups is 1. The van der Waals surface area contributed by atoms with E-state index >= 15 is 0 Å². The average Bonchev–Trinajstić information content (AvgIpc) is 2.29. The van der Waals surface area contributed by atoms with Crippen molar-refractivity contribution in [2.24, 2.45) is 0 Å². The quantitative estimate of drug-likeness (QED) is 0.843. The molecule has 4 nitrogen and oxygen atoms in total. The van der Waals surface area contributed by atoms with Crippen LogP contribution in [0.15, 0.2) is 12.1 Å². The molecule has 2 rings (SSSR count). The summed E-state index contributed by atoms with van der Waals surface area (Å²) >= 11 is 0. The van der Waals surface area contributed by atoms with Crippen LogP contribution in [0.25, 0.3) is 0 Å². The van der Waals surface area contributed by atoms with Crippen molar-refractivity contribution in [3.05, 3.63) is 28.8 Å². The Morgan fingerprint density at radius 3 is 2.89 bits per heavy atom. The zero-order chi connectivity index (χ0) is 13.3. The summed E-state index contributed by atoms with van der Waals surface area (Å²) in [5.41, 5.74) is 2.82. The first-order valence-electron chi connectivity index (χ1n) is 6.21. The lowest BCUT2D eigenvalue weighted by Crippen LogP contribution is -2.30. The standard InChI is InChI=1S/C14H19NO3/c1-8-6-11(9(2)16)7-12-13(15-10(3)17)4-5-18-14(8)12/h6-7,9,13,16H,4-5H2,1-3H3,(H,15,17). The summed E-state index contributed by atoms with van der Waals surface area (Å²) in [6.07, 6.45) is 0.240. The summed E-state index contributed by atoms with van der Waals surface area (Å²) in [6, 6.07) is 3.83. The van der Waals surface area contributed by atoms with Gasteiger partial charge in [0.15, 0.2) is 0 Å². The van der Waals surface area contributed by atoms with E-state index in [1.165, 1.54) is 6.92 Å². The second-order valence-electron chi connectivity index (χ2n) is 4.82. The van der Waals surface area contributed by atoms with Gasteiger partial charge in [0, 0.05) is 18.9 Å². The Labute approximate surface area is 107 Å². The minimum atomic E-state index is -0.520. The van der Waals surface area contributed by atoms with Gasteiger partial charge in [-0.2, -0.15) is 0 Å². The van der Waals surface area contributed by atoms with Crippen LogP contribution in [0.4, 0.5) is 0 Å². The molecule has 2 N–H and O–H groups in total. The van der Waals surface area contributed by atoms with E-state index in [0.29, 0.717) is 6.61 Å². The first-order chi connectivity index (χ1) is 8.49. The Bertz CT molecular complexity index is 468. The zero-order valence-corrected chi connectivity index (χ0v) is 11.0. The smallest absolute Gasteiger partial charge is 0.217 e. The van der Waals surface area contributed by atoms with Crippen LogP contribution in [-0.2, 0) is 4.79 Å². The van der Waals surface area contributed by atoms with E-state index in [2.05, 4.69) is 5.32 Å². The van der Waals surface area contributed by atoms with Crippen molar-refractivity contribution in [3.63, 3.8) is 0 Å². The summed E-state index contributed by atoms with van der Waals surface area (Å²) in [4.78, 5) is 11.2. The molecule has 2 unspecified atom stereocenters. The van der Waals surface area contributed by atoms with Crippen LogP contribution >= 0.6 is 0 Å². The van der Waals surface area contributed by atoms with E-state index in [-0.39, 0.29) is 11.9 Å². The van der Waals surface area contributed by atoms with Gasteiger partial charge in [-0.25, -0.2) is 0 Å². The Hall–Kier alpha value is -1.55. The van der Waals surface area contributed by atoms with Gasteiger partial charge in [0.2, 0.25) is 5.91 Å². The molecule has 98 valence electrons. The molecule has 0 bridgehead atoms. The molecule has 0 radical (unpaired) electrons. The van der Waals surface area contributed by atoms with Gasteiger partial charge in [-0.15, -0.1) is 0 Å². The number of hydrogen-bond acceptors (Lipinski definition) is 3. The second kappa shape index (κ2) is 4.98. The van der Waals surface area contributed by atoms with Crippen molar-refractivity contribution in [2.75, 3.05) is 6.61 Å². The minimum absolute atomic E-state index is 0.0244. The second-order valence-corrected chi connectivity index (χ2v) is 4.82. The van der Waals surface area contributed by atoms with E-state index in [0.717, 1.165) is 28.9 Å². The number of hydrogen-bond donors (Lipinski definition) is 2. The number of nitrogens with one attached hydrogen (secondary N) is 1. The third kappa shape index (κ3) is 2.48. The molecule has 0 aromatic heterocycles. The first kappa shape index (κ1) is 12.9. The molecule has 1 aromatic rings. The largest absolute Gasteiger partial charge is 0.493 e. The lowest BCUT2D eigenvalue weighted by Gasteiger charge is -2.28. The molecule has 0 spiro atoms. The van der Waals surface area contributed by atoms with Gasteiger partial charge in [0.1, 0.15) is 5.75 Å². The maximum absolute atomic E-state index is 11.2. The lowest BCUT2D eigenvalue weighted by atomic mass is 9.94. The van der Waals surface area contributed by atoms with E-state index in [1.807, 2.05) is 19.1 Å². The van der Waals surface area contributed by atoms with Crippen LogP contribution < -0.4 is 10.1 Å². The monoisotopic (exact) mass is 249 g/mol. The van der Waals surface area contributed by atoms with Crippen molar-refractivity contribution in [3.8, 4) is 5.75 Å². The normalized spacial score (nSPS) is 19.7. The van der Waals surface area contributed by atoms with Crippen LogP contribution in [-0.4, -0.2) is 17.6 Å². The summed E-state index contributed by atoms with van der Waals surface area (Å²) in [7, 11) is 0. The average molecular weight is 249 g/mol. The third-order valence-corrected chi connectivity index (χ3v) is 3.21. The van der Waals surface area contributed by atoms with Crippen LogP contribution in [0, 0.1) is 6.92 Å². The molecule has 1 amide bonds. The topological polar surface area (TPSA) is 58.6 Å². The number of aryl methyl sites for hydroxylation is 1. The summed E-state index contributed by atoms with van der Waals surface area (Å²) in [6.45, 7) is 5.81. The van der Waals surface area contributed by atoms with Gasteiger partial charge in [-0.1, -0.05) is 0 Å². The summed E-state index contributed by atoms with van der Waals surface area (Å²) in [5.74, 6) is 0.789. The van der Waals surface area contributed by atoms with Gasteiger partial charge < -0.3 is 15.2 Å². The minimum Gasteiger partial charge on any atom is -0.493 e. The van der Waals surface area contributed by atoms with Gasteiger partial charge in [-0.3, -0.25) is 4.79 Å². The Morgan fingerprint density at radius 1 is 1.56 bits per heavy atom. The fraction of sp³-hybridized carbons (Fsp3) is 0.500. The molecule has 0 saturated heterocycles. The van der Waals surface area contributed by atoms with E-state index < -0.39 is 6.10 Å². The lowest BCUT2D eigenvalue weighted by molar-refractivity contribution is -0.119. The van der Waals surface area contributed by atoms with Gasteiger partial charge in [0.25, 0.3) is 0 Å². The molecule has 0 aliphatic carbocycles. The molecule has 4 heteroatoms. The SMILES string of the molecule is CC(=O)NC1CCOc2c(C)cc(C(C)O)cc21. The van der Waals surface area contributed by atoms with Crippen molar-refractivity contribution < 1.29 is 14.6 Å². The highest BCUT2D eigenvalue weighted by Gasteiger charge is 2.24. The van der Waals surface area contributed by atoms with Crippen LogP contribution in [0.3, 0.4) is 0 Å². The maximum atomic E-state index is 11.2. The van der Waals surface area contributed by atoms with E-state index in [4.69, 9.17) is 4.74 Å². The van der Waals surface area contributed by atoms with Gasteiger partial charge in [-0.05, 0) is 37.1 Å². The molecular formula is C14H19NO3. The highest BCUT2D eigenvalue weighted by Crippen LogP contribution is 2.36. The van der Waals surface area contributed by atoms with Crippen molar-refractivity contribution in [2.45, 2.75) is 39.3 Å². The van der Waals surface area contributed by atoms with Gasteiger partial charge in [0.05, 0.1) is 18.8 Å². The number of aliphatic hydroxyl groups excluding tert-OH is 1. The van der Waals surface area contributed by atoms with Crippen molar-refractivity contribution in [1.29, 1.82) is 0 Å². The predicted molar refractivity (Wildman–Crippen MR) is 68.5 cm³/mol. The molecule has 1 aliphatic rings. The number of carbonyl (C=O) groups excluding carboxylic acids is 1. The zero-order valence-electron chi connectivity index (χ0n) is 11.0. The summed E-state index contributed by atoms with van der Waals surface area (Å²) < 4.78 is 5.67. The predicted octanol–water partition coefficient (Wildman–Crippen LogP) is 2.01. The maximum Gasteiger partial charge on any atom is 0.217 e. The highest BCUT2D eigenvalue weighted by molar-refractivity contribution is 5.73. The highest BCUT2D eigenvalue weighted by atomic mass is 16.5. The number of ether oxygens (including phenoxy) is 1. The van der Waals surface area contributed by atoms with Gasteiger partial charge >= 0.3 is 0 Å². The van der Waals surface area contributed by atoms with E-state index in [9.17, 15) is 9.90 Å². The molecular weight excluding hydrogens is 230 g/mol. The molecule has 18 heavy (non-hydrogen) atoms. The molecule has 1 heterocycles. The summed E-state index contributed by atoms with van der Waals surface area (Å²) in [5, 5.41) is 12.6. The number of carbonyl (C=O) groups is 1. The molecule has 1 aliphatic heterocycles. The molecule has 1 aromatic carbocycles. The Kier molecular flexibility index (Phi) is 3.57. The number of fused-ring (bicyclic) bond motifs is 1. The molecule has 0 fully saturated rings. The third-order valence-electron chi connectivity index (χ3n) is 3.21. The molecule has 2 atom stereocenters. The van der Waals surface area contributed by atoms with Crippen LogP contribution in [0.5, 0.6) is 5.75 Å². The van der Waals surface area contributed by atoms with Crippen molar-refractivity contribution >= 4 is 5.91 Å². The number of amides is 1. The number of benzene rings is 1. The number of rotatable bonds is 2.